The van der Waals surface area contributed by atoms with Crippen molar-refractivity contribution in [2.75, 3.05) is 5.43 Å². The van der Waals surface area contributed by atoms with E-state index in [1.807, 2.05) is 30.3 Å². The van der Waals surface area contributed by atoms with E-state index in [0.29, 0.717) is 31.7 Å². The maximum Gasteiger partial charge on any atom is 0.162 e. The molecule has 0 saturated carbocycles. The van der Waals surface area contributed by atoms with E-state index in [1.165, 1.54) is 0 Å². The SMILES string of the molecule is Clc1ccc(C=NNc2nc(-c3ccc(Cl)c(Cl)c3)nc3ccccc23)c(Cl)c1. The average Bonchev–Trinajstić information content (AvgIpc) is 2.71. The van der Waals surface area contributed by atoms with Crippen molar-refractivity contribution in [2.45, 2.75) is 0 Å². The van der Waals surface area contributed by atoms with Crippen molar-refractivity contribution < 1.29 is 0 Å². The number of nitrogens with zero attached hydrogens (tertiary/aromatic N) is 3. The van der Waals surface area contributed by atoms with Gasteiger partial charge in [0.15, 0.2) is 11.6 Å². The van der Waals surface area contributed by atoms with Crippen molar-refractivity contribution in [1.29, 1.82) is 0 Å². The van der Waals surface area contributed by atoms with E-state index in [4.69, 9.17) is 46.4 Å². The molecule has 0 spiro atoms. The molecule has 1 aromatic heterocycles. The van der Waals surface area contributed by atoms with E-state index in [1.54, 1.807) is 36.5 Å². The summed E-state index contributed by atoms with van der Waals surface area (Å²) in [5, 5.41) is 7.09. The zero-order valence-corrected chi connectivity index (χ0v) is 17.7. The maximum atomic E-state index is 6.19. The Morgan fingerprint density at radius 1 is 0.793 bits per heavy atom. The first-order valence-corrected chi connectivity index (χ1v) is 9.99. The molecule has 3 aromatic carbocycles. The summed E-state index contributed by atoms with van der Waals surface area (Å²) in [6, 6.07) is 18.1. The van der Waals surface area contributed by atoms with Crippen LogP contribution in [0.15, 0.2) is 65.8 Å². The Balaban J connectivity index is 1.72. The highest BCUT2D eigenvalue weighted by Gasteiger charge is 2.10. The van der Waals surface area contributed by atoms with Crippen LogP contribution in [0, 0.1) is 0 Å². The molecule has 144 valence electrons. The van der Waals surface area contributed by atoms with Crippen LogP contribution in [0.2, 0.25) is 20.1 Å². The standard InChI is InChI=1S/C21H12Cl4N4/c22-14-7-5-13(17(24)10-14)11-26-29-21-15-3-1-2-4-19(15)27-20(28-21)12-6-8-16(23)18(25)9-12/h1-11H,(H,27,28,29). The number of anilines is 1. The summed E-state index contributed by atoms with van der Waals surface area (Å²) in [7, 11) is 0. The van der Waals surface area contributed by atoms with Crippen LogP contribution in [0.25, 0.3) is 22.3 Å². The van der Waals surface area contributed by atoms with Crippen LogP contribution in [0.5, 0.6) is 0 Å². The number of benzene rings is 3. The van der Waals surface area contributed by atoms with Gasteiger partial charge in [0.25, 0.3) is 0 Å². The second kappa shape index (κ2) is 8.56. The number of hydrogen-bond acceptors (Lipinski definition) is 4. The van der Waals surface area contributed by atoms with Crippen molar-refractivity contribution >= 4 is 69.3 Å². The predicted molar refractivity (Wildman–Crippen MR) is 123 cm³/mol. The van der Waals surface area contributed by atoms with Crippen molar-refractivity contribution in [3.05, 3.63) is 86.3 Å². The smallest absolute Gasteiger partial charge is 0.162 e. The molecule has 0 bridgehead atoms. The minimum absolute atomic E-state index is 0.436. The summed E-state index contributed by atoms with van der Waals surface area (Å²) in [6.07, 6.45) is 1.61. The summed E-state index contributed by atoms with van der Waals surface area (Å²) in [6.45, 7) is 0. The summed E-state index contributed by atoms with van der Waals surface area (Å²) >= 11 is 24.3. The Bertz CT molecular complexity index is 1240. The van der Waals surface area contributed by atoms with Crippen LogP contribution in [0.3, 0.4) is 0 Å². The largest absolute Gasteiger partial charge is 0.261 e. The molecular weight excluding hydrogens is 450 g/mol. The molecular formula is C21H12Cl4N4. The normalized spacial score (nSPS) is 11.3. The molecule has 1 N–H and O–H groups in total. The first-order valence-electron chi connectivity index (χ1n) is 8.47. The Morgan fingerprint density at radius 3 is 2.41 bits per heavy atom. The van der Waals surface area contributed by atoms with E-state index in [0.717, 1.165) is 22.0 Å². The number of hydrogen-bond donors (Lipinski definition) is 1. The fourth-order valence-corrected chi connectivity index (χ4v) is 3.45. The molecule has 0 fully saturated rings. The molecule has 0 atom stereocenters. The molecule has 0 aliphatic rings. The van der Waals surface area contributed by atoms with E-state index < -0.39 is 0 Å². The Kier molecular flexibility index (Phi) is 5.88. The van der Waals surface area contributed by atoms with Gasteiger partial charge in [-0.3, -0.25) is 5.43 Å². The van der Waals surface area contributed by atoms with Crippen LogP contribution >= 0.6 is 46.4 Å². The molecule has 0 aliphatic heterocycles. The highest BCUT2D eigenvalue weighted by atomic mass is 35.5. The van der Waals surface area contributed by atoms with E-state index in [-0.39, 0.29) is 0 Å². The second-order valence-electron chi connectivity index (χ2n) is 6.08. The van der Waals surface area contributed by atoms with Gasteiger partial charge in [0.2, 0.25) is 0 Å². The van der Waals surface area contributed by atoms with Gasteiger partial charge < -0.3 is 0 Å². The topological polar surface area (TPSA) is 50.2 Å². The third-order valence-corrected chi connectivity index (χ3v) is 5.42. The van der Waals surface area contributed by atoms with E-state index >= 15 is 0 Å². The molecule has 0 aliphatic carbocycles. The van der Waals surface area contributed by atoms with Gasteiger partial charge in [-0.1, -0.05) is 64.6 Å². The summed E-state index contributed by atoms with van der Waals surface area (Å²) < 4.78 is 0. The Hall–Kier alpha value is -2.37. The van der Waals surface area contributed by atoms with Crippen molar-refractivity contribution in [2.24, 2.45) is 5.10 Å². The van der Waals surface area contributed by atoms with Gasteiger partial charge in [0, 0.05) is 21.5 Å². The lowest BCUT2D eigenvalue weighted by Crippen LogP contribution is -1.99. The number of hydrazone groups is 1. The van der Waals surface area contributed by atoms with Gasteiger partial charge >= 0.3 is 0 Å². The molecule has 0 radical (unpaired) electrons. The van der Waals surface area contributed by atoms with Crippen LogP contribution in [0.1, 0.15) is 5.56 Å². The predicted octanol–water partition coefficient (Wildman–Crippen LogP) is 7.36. The average molecular weight is 462 g/mol. The summed E-state index contributed by atoms with van der Waals surface area (Å²) in [4.78, 5) is 9.24. The molecule has 0 amide bonds. The minimum atomic E-state index is 0.436. The van der Waals surface area contributed by atoms with Crippen molar-refractivity contribution in [3.8, 4) is 11.4 Å². The van der Waals surface area contributed by atoms with Crippen molar-refractivity contribution in [3.63, 3.8) is 0 Å². The monoisotopic (exact) mass is 460 g/mol. The highest BCUT2D eigenvalue weighted by molar-refractivity contribution is 6.42. The Morgan fingerprint density at radius 2 is 1.62 bits per heavy atom. The van der Waals surface area contributed by atoms with Gasteiger partial charge in [-0.15, -0.1) is 0 Å². The Labute approximate surface area is 187 Å². The third-order valence-electron chi connectivity index (χ3n) is 4.12. The maximum absolute atomic E-state index is 6.19. The molecule has 1 heterocycles. The number of para-hydroxylation sites is 1. The third kappa shape index (κ3) is 4.46. The van der Waals surface area contributed by atoms with Crippen LogP contribution < -0.4 is 5.43 Å². The summed E-state index contributed by atoms with van der Waals surface area (Å²) in [5.74, 6) is 1.06. The molecule has 0 unspecified atom stereocenters. The van der Waals surface area contributed by atoms with Gasteiger partial charge in [-0.25, -0.2) is 9.97 Å². The van der Waals surface area contributed by atoms with Crippen LogP contribution in [0.4, 0.5) is 5.82 Å². The molecule has 4 aromatic rings. The van der Waals surface area contributed by atoms with Crippen LogP contribution in [-0.4, -0.2) is 16.2 Å². The number of aromatic nitrogens is 2. The zero-order chi connectivity index (χ0) is 20.4. The van der Waals surface area contributed by atoms with Gasteiger partial charge in [-0.05, 0) is 42.5 Å². The number of halogens is 4. The molecule has 8 heteroatoms. The first-order chi connectivity index (χ1) is 14.0. The molecule has 4 nitrogen and oxygen atoms in total. The molecule has 4 rings (SSSR count). The second-order valence-corrected chi connectivity index (χ2v) is 7.74. The van der Waals surface area contributed by atoms with E-state index in [9.17, 15) is 0 Å². The number of nitrogens with one attached hydrogen (secondary N) is 1. The first kappa shape index (κ1) is 19.9. The highest BCUT2D eigenvalue weighted by Crippen LogP contribution is 2.29. The molecule has 0 saturated heterocycles. The van der Waals surface area contributed by atoms with Crippen LogP contribution in [-0.2, 0) is 0 Å². The van der Waals surface area contributed by atoms with Gasteiger partial charge in [0.1, 0.15) is 0 Å². The van der Waals surface area contributed by atoms with Gasteiger partial charge in [0.05, 0.1) is 26.8 Å². The lowest BCUT2D eigenvalue weighted by Gasteiger charge is -2.09. The van der Waals surface area contributed by atoms with Gasteiger partial charge in [-0.2, -0.15) is 5.10 Å². The number of rotatable bonds is 4. The fraction of sp³-hybridized carbons (Fsp3) is 0. The minimum Gasteiger partial charge on any atom is -0.261 e. The van der Waals surface area contributed by atoms with Crippen molar-refractivity contribution in [1.82, 2.24) is 9.97 Å². The fourth-order valence-electron chi connectivity index (χ4n) is 2.70. The summed E-state index contributed by atoms with van der Waals surface area (Å²) in [5.41, 5.74) is 5.23. The molecule has 29 heavy (non-hydrogen) atoms. The number of fused-ring (bicyclic) bond motifs is 1. The van der Waals surface area contributed by atoms with E-state index in [2.05, 4.69) is 20.5 Å². The zero-order valence-electron chi connectivity index (χ0n) is 14.7. The lowest BCUT2D eigenvalue weighted by molar-refractivity contribution is 1.19. The lowest BCUT2D eigenvalue weighted by atomic mass is 10.2. The quantitative estimate of drug-likeness (QED) is 0.255.